The van der Waals surface area contributed by atoms with Crippen molar-refractivity contribution < 1.29 is 14.5 Å². The Labute approximate surface area is 134 Å². The molecule has 8 heteroatoms. The van der Waals surface area contributed by atoms with Crippen molar-refractivity contribution in [1.29, 1.82) is 0 Å². The number of carbonyl (C=O) groups is 2. The Bertz CT molecular complexity index is 632. The second-order valence-electron chi connectivity index (χ2n) is 5.39. The first-order chi connectivity index (χ1) is 11.0. The van der Waals surface area contributed by atoms with Gasteiger partial charge in [-0.1, -0.05) is 6.92 Å². The summed E-state index contributed by atoms with van der Waals surface area (Å²) in [5, 5.41) is 16.8. The fourth-order valence-electron chi connectivity index (χ4n) is 2.64. The molecule has 1 aromatic rings. The number of rotatable bonds is 5. The Morgan fingerprint density at radius 3 is 2.78 bits per heavy atom. The average molecular weight is 320 g/mol. The molecule has 124 valence electrons. The van der Waals surface area contributed by atoms with E-state index < -0.39 is 4.92 Å². The van der Waals surface area contributed by atoms with Crippen molar-refractivity contribution >= 4 is 23.2 Å². The molecule has 0 aromatic heterocycles. The maximum atomic E-state index is 11.7. The number of anilines is 1. The molecule has 0 spiro atoms. The van der Waals surface area contributed by atoms with Gasteiger partial charge in [-0.3, -0.25) is 19.7 Å². The lowest BCUT2D eigenvalue weighted by Gasteiger charge is -2.17. The number of hydrogen-bond donors (Lipinski definition) is 2. The van der Waals surface area contributed by atoms with Gasteiger partial charge < -0.3 is 15.5 Å². The summed E-state index contributed by atoms with van der Waals surface area (Å²) in [7, 11) is 1.47. The van der Waals surface area contributed by atoms with E-state index in [1.807, 2.05) is 6.92 Å². The molecule has 0 saturated carbocycles. The molecular formula is C15H20N4O4. The molecule has 2 amide bonds. The van der Waals surface area contributed by atoms with Crippen molar-refractivity contribution in [2.75, 3.05) is 25.5 Å². The minimum atomic E-state index is -0.515. The van der Waals surface area contributed by atoms with E-state index >= 15 is 0 Å². The Balaban J connectivity index is 2.15. The molecule has 0 aliphatic carbocycles. The van der Waals surface area contributed by atoms with E-state index in [2.05, 4.69) is 10.6 Å². The molecule has 1 aromatic carbocycles. The standard InChI is InChI=1S/C15H20N4O4/c1-3-14(20)18-7-6-11(9-18)17-12-5-4-10(15(21)16-2)8-13(12)19(22)23/h4-5,8,11,17H,3,6-7,9H2,1-2H3,(H,16,21). The van der Waals surface area contributed by atoms with Crippen LogP contribution in [-0.4, -0.2) is 47.8 Å². The molecular weight excluding hydrogens is 300 g/mol. The maximum absolute atomic E-state index is 11.7. The monoisotopic (exact) mass is 320 g/mol. The topological polar surface area (TPSA) is 105 Å². The van der Waals surface area contributed by atoms with Crippen LogP contribution in [0.2, 0.25) is 0 Å². The van der Waals surface area contributed by atoms with Gasteiger partial charge in [-0.05, 0) is 18.6 Å². The summed E-state index contributed by atoms with van der Waals surface area (Å²) < 4.78 is 0. The summed E-state index contributed by atoms with van der Waals surface area (Å²) in [5.74, 6) is -0.293. The molecule has 2 rings (SSSR count). The Morgan fingerprint density at radius 1 is 1.43 bits per heavy atom. The van der Waals surface area contributed by atoms with E-state index in [-0.39, 0.29) is 29.1 Å². The van der Waals surface area contributed by atoms with Crippen LogP contribution in [0.25, 0.3) is 0 Å². The minimum Gasteiger partial charge on any atom is -0.375 e. The third kappa shape index (κ3) is 3.77. The summed E-state index contributed by atoms with van der Waals surface area (Å²) in [6, 6.07) is 4.30. The van der Waals surface area contributed by atoms with Gasteiger partial charge in [0.1, 0.15) is 5.69 Å². The molecule has 1 atom stereocenters. The molecule has 1 unspecified atom stereocenters. The fourth-order valence-corrected chi connectivity index (χ4v) is 2.64. The molecule has 1 aliphatic heterocycles. The molecule has 1 heterocycles. The van der Waals surface area contributed by atoms with Gasteiger partial charge in [0.2, 0.25) is 5.91 Å². The number of likely N-dealkylation sites (tertiary alicyclic amines) is 1. The first kappa shape index (κ1) is 16.7. The van der Waals surface area contributed by atoms with Gasteiger partial charge in [-0.15, -0.1) is 0 Å². The smallest absolute Gasteiger partial charge is 0.293 e. The first-order valence-corrected chi connectivity index (χ1v) is 7.51. The highest BCUT2D eigenvalue weighted by molar-refractivity contribution is 5.95. The Morgan fingerprint density at radius 2 is 2.17 bits per heavy atom. The quantitative estimate of drug-likeness (QED) is 0.630. The van der Waals surface area contributed by atoms with E-state index in [0.29, 0.717) is 25.2 Å². The normalized spacial score (nSPS) is 17.0. The molecule has 2 N–H and O–H groups in total. The van der Waals surface area contributed by atoms with Crippen molar-refractivity contribution in [3.63, 3.8) is 0 Å². The van der Waals surface area contributed by atoms with E-state index in [1.165, 1.54) is 25.2 Å². The summed E-state index contributed by atoms with van der Waals surface area (Å²) in [6.07, 6.45) is 1.19. The predicted octanol–water partition coefficient (Wildman–Crippen LogP) is 1.38. The zero-order chi connectivity index (χ0) is 17.0. The largest absolute Gasteiger partial charge is 0.375 e. The van der Waals surface area contributed by atoms with Crippen molar-refractivity contribution in [1.82, 2.24) is 10.2 Å². The van der Waals surface area contributed by atoms with Crippen LogP contribution in [-0.2, 0) is 4.79 Å². The lowest BCUT2D eigenvalue weighted by atomic mass is 10.1. The highest BCUT2D eigenvalue weighted by Crippen LogP contribution is 2.28. The van der Waals surface area contributed by atoms with Crippen LogP contribution in [0, 0.1) is 10.1 Å². The van der Waals surface area contributed by atoms with E-state index in [4.69, 9.17) is 0 Å². The fraction of sp³-hybridized carbons (Fsp3) is 0.467. The van der Waals surface area contributed by atoms with Crippen molar-refractivity contribution in [3.05, 3.63) is 33.9 Å². The van der Waals surface area contributed by atoms with Gasteiger partial charge >= 0.3 is 0 Å². The van der Waals surface area contributed by atoms with E-state index in [0.717, 1.165) is 6.42 Å². The lowest BCUT2D eigenvalue weighted by Crippen LogP contribution is -2.31. The van der Waals surface area contributed by atoms with Crippen LogP contribution >= 0.6 is 0 Å². The summed E-state index contributed by atoms with van der Waals surface area (Å²) in [6.45, 7) is 2.99. The van der Waals surface area contributed by atoms with E-state index in [9.17, 15) is 19.7 Å². The SMILES string of the molecule is CCC(=O)N1CCC(Nc2ccc(C(=O)NC)cc2[N+](=O)[O-])C1. The van der Waals surface area contributed by atoms with Crippen molar-refractivity contribution in [3.8, 4) is 0 Å². The summed E-state index contributed by atoms with van der Waals surface area (Å²) in [4.78, 5) is 35.8. The number of hydrogen-bond acceptors (Lipinski definition) is 5. The van der Waals surface area contributed by atoms with Crippen LogP contribution < -0.4 is 10.6 Å². The zero-order valence-corrected chi connectivity index (χ0v) is 13.2. The highest BCUT2D eigenvalue weighted by Gasteiger charge is 2.27. The second-order valence-corrected chi connectivity index (χ2v) is 5.39. The molecule has 1 saturated heterocycles. The first-order valence-electron chi connectivity index (χ1n) is 7.51. The van der Waals surface area contributed by atoms with Crippen LogP contribution in [0.5, 0.6) is 0 Å². The third-order valence-corrected chi connectivity index (χ3v) is 3.89. The summed E-state index contributed by atoms with van der Waals surface area (Å²) in [5.41, 5.74) is 0.448. The van der Waals surface area contributed by atoms with Gasteiger partial charge in [-0.2, -0.15) is 0 Å². The number of carbonyl (C=O) groups excluding carboxylic acids is 2. The zero-order valence-electron chi connectivity index (χ0n) is 13.2. The highest BCUT2D eigenvalue weighted by atomic mass is 16.6. The Hall–Kier alpha value is -2.64. The second kappa shape index (κ2) is 7.08. The molecule has 0 radical (unpaired) electrons. The van der Waals surface area contributed by atoms with Gasteiger partial charge in [-0.25, -0.2) is 0 Å². The Kier molecular flexibility index (Phi) is 5.15. The third-order valence-electron chi connectivity index (χ3n) is 3.89. The summed E-state index contributed by atoms with van der Waals surface area (Å²) >= 11 is 0. The molecule has 0 bridgehead atoms. The molecule has 1 fully saturated rings. The number of nitro groups is 1. The van der Waals surface area contributed by atoms with Crippen LogP contribution in [0.1, 0.15) is 30.1 Å². The average Bonchev–Trinajstić information content (AvgIpc) is 3.02. The van der Waals surface area contributed by atoms with Gasteiger partial charge in [0.15, 0.2) is 0 Å². The molecule has 1 aliphatic rings. The van der Waals surface area contributed by atoms with Gasteiger partial charge in [0.25, 0.3) is 11.6 Å². The lowest BCUT2D eigenvalue weighted by molar-refractivity contribution is -0.384. The number of amides is 2. The van der Waals surface area contributed by atoms with Crippen LogP contribution in [0.15, 0.2) is 18.2 Å². The van der Waals surface area contributed by atoms with Crippen molar-refractivity contribution in [2.24, 2.45) is 0 Å². The number of benzene rings is 1. The molecule has 8 nitrogen and oxygen atoms in total. The van der Waals surface area contributed by atoms with Gasteiger partial charge in [0.05, 0.1) is 4.92 Å². The maximum Gasteiger partial charge on any atom is 0.293 e. The predicted molar refractivity (Wildman–Crippen MR) is 85.4 cm³/mol. The number of nitrogens with zero attached hydrogens (tertiary/aromatic N) is 2. The van der Waals surface area contributed by atoms with E-state index in [1.54, 1.807) is 4.90 Å². The van der Waals surface area contributed by atoms with Crippen LogP contribution in [0.3, 0.4) is 0 Å². The minimum absolute atomic E-state index is 0.0324. The van der Waals surface area contributed by atoms with Gasteiger partial charge in [0, 0.05) is 44.2 Å². The number of nitro benzene ring substituents is 1. The van der Waals surface area contributed by atoms with Crippen molar-refractivity contribution in [2.45, 2.75) is 25.8 Å². The molecule has 23 heavy (non-hydrogen) atoms. The number of nitrogens with one attached hydrogen (secondary N) is 2. The van der Waals surface area contributed by atoms with Crippen LogP contribution in [0.4, 0.5) is 11.4 Å².